The second-order valence-corrected chi connectivity index (χ2v) is 7.21. The molecule has 26 heavy (non-hydrogen) atoms. The summed E-state index contributed by atoms with van der Waals surface area (Å²) in [5.74, 6) is 0.355. The van der Waals surface area contributed by atoms with Crippen LogP contribution in [-0.2, 0) is 6.54 Å². The number of hydrogen-bond acceptors (Lipinski definition) is 5. The summed E-state index contributed by atoms with van der Waals surface area (Å²) >= 11 is 0. The van der Waals surface area contributed by atoms with Crippen molar-refractivity contribution in [1.82, 2.24) is 4.90 Å². The molecule has 2 aromatic rings. The smallest absolute Gasteiger partial charge is 0.344 e. The van der Waals surface area contributed by atoms with Gasteiger partial charge in [0.2, 0.25) is 0 Å². The summed E-state index contributed by atoms with van der Waals surface area (Å²) in [5.41, 5.74) is 0.438. The normalized spacial score (nSPS) is 12.7. The SMILES string of the molecule is CCCCC(CC)CC(=O)c1ccc2c(O)c(CN(C)C)c(=O)oc2c1. The first-order valence-corrected chi connectivity index (χ1v) is 9.33. The fraction of sp³-hybridized carbons (Fsp3) is 0.524. The van der Waals surface area contributed by atoms with Crippen molar-refractivity contribution in [2.75, 3.05) is 14.1 Å². The summed E-state index contributed by atoms with van der Waals surface area (Å²) < 4.78 is 5.37. The van der Waals surface area contributed by atoms with Gasteiger partial charge in [-0.25, -0.2) is 4.79 Å². The topological polar surface area (TPSA) is 70.8 Å². The van der Waals surface area contributed by atoms with E-state index in [-0.39, 0.29) is 22.7 Å². The quantitative estimate of drug-likeness (QED) is 0.532. The van der Waals surface area contributed by atoms with Gasteiger partial charge in [-0.05, 0) is 32.1 Å². The highest BCUT2D eigenvalue weighted by atomic mass is 16.4. The Bertz CT molecular complexity index is 823. The van der Waals surface area contributed by atoms with Crippen LogP contribution in [0.15, 0.2) is 27.4 Å². The maximum absolute atomic E-state index is 12.6. The van der Waals surface area contributed by atoms with Crippen molar-refractivity contribution in [3.63, 3.8) is 0 Å². The van der Waals surface area contributed by atoms with Crippen LogP contribution < -0.4 is 5.63 Å². The van der Waals surface area contributed by atoms with E-state index in [0.717, 1.165) is 25.7 Å². The van der Waals surface area contributed by atoms with E-state index >= 15 is 0 Å². The average Bonchev–Trinajstić information content (AvgIpc) is 2.61. The molecule has 0 aliphatic heterocycles. The van der Waals surface area contributed by atoms with Gasteiger partial charge in [-0.3, -0.25) is 4.79 Å². The van der Waals surface area contributed by atoms with Gasteiger partial charge in [0.25, 0.3) is 0 Å². The molecule has 2 rings (SSSR count). The van der Waals surface area contributed by atoms with Crippen LogP contribution in [0.5, 0.6) is 5.75 Å². The minimum atomic E-state index is -0.567. The fourth-order valence-electron chi connectivity index (χ4n) is 3.18. The van der Waals surface area contributed by atoms with Crippen LogP contribution in [-0.4, -0.2) is 29.9 Å². The Kier molecular flexibility index (Phi) is 6.98. The number of carbonyl (C=O) groups excluding carboxylic acids is 1. The van der Waals surface area contributed by atoms with Gasteiger partial charge < -0.3 is 14.4 Å². The van der Waals surface area contributed by atoms with Crippen LogP contribution in [0.2, 0.25) is 0 Å². The number of benzene rings is 1. The number of carbonyl (C=O) groups is 1. The number of aromatic hydroxyl groups is 1. The van der Waals surface area contributed by atoms with Crippen LogP contribution in [0.1, 0.15) is 61.9 Å². The minimum Gasteiger partial charge on any atom is -0.507 e. The molecule has 0 saturated heterocycles. The van der Waals surface area contributed by atoms with Gasteiger partial charge in [0.05, 0.1) is 10.9 Å². The van der Waals surface area contributed by atoms with E-state index < -0.39 is 5.63 Å². The van der Waals surface area contributed by atoms with Crippen molar-refractivity contribution < 1.29 is 14.3 Å². The van der Waals surface area contributed by atoms with E-state index in [2.05, 4.69) is 13.8 Å². The van der Waals surface area contributed by atoms with Crippen LogP contribution in [0.3, 0.4) is 0 Å². The second-order valence-electron chi connectivity index (χ2n) is 7.21. The van der Waals surface area contributed by atoms with E-state index in [1.807, 2.05) is 14.1 Å². The van der Waals surface area contributed by atoms with Gasteiger partial charge in [0.15, 0.2) is 5.78 Å². The van der Waals surface area contributed by atoms with Gasteiger partial charge in [0, 0.05) is 18.5 Å². The molecule has 0 saturated carbocycles. The van der Waals surface area contributed by atoms with Gasteiger partial charge in [-0.1, -0.05) is 45.6 Å². The lowest BCUT2D eigenvalue weighted by Crippen LogP contribution is -2.18. The highest BCUT2D eigenvalue weighted by Gasteiger charge is 2.18. The largest absolute Gasteiger partial charge is 0.507 e. The number of nitrogens with zero attached hydrogens (tertiary/aromatic N) is 1. The highest BCUT2D eigenvalue weighted by Crippen LogP contribution is 2.28. The minimum absolute atomic E-state index is 0.0503. The van der Waals surface area contributed by atoms with Crippen molar-refractivity contribution in [3.05, 3.63) is 39.7 Å². The lowest BCUT2D eigenvalue weighted by Gasteiger charge is -2.14. The molecule has 0 spiro atoms. The zero-order chi connectivity index (χ0) is 19.3. The molecule has 0 fully saturated rings. The molecule has 5 heteroatoms. The Morgan fingerprint density at radius 3 is 2.62 bits per heavy atom. The molecule has 1 atom stereocenters. The standard InChI is InChI=1S/C21H29NO4/c1-5-7-8-14(6-2)11-18(23)15-9-10-16-19(12-15)26-21(25)17(20(16)24)13-22(3)4/h9-10,12,14,24H,5-8,11,13H2,1-4H3. The average molecular weight is 359 g/mol. The monoisotopic (exact) mass is 359 g/mol. The summed E-state index contributed by atoms with van der Waals surface area (Å²) in [7, 11) is 3.63. The van der Waals surface area contributed by atoms with E-state index in [0.29, 0.717) is 29.8 Å². The van der Waals surface area contributed by atoms with Crippen molar-refractivity contribution >= 4 is 16.8 Å². The van der Waals surface area contributed by atoms with Crippen molar-refractivity contribution in [2.45, 2.75) is 52.5 Å². The fourth-order valence-corrected chi connectivity index (χ4v) is 3.18. The third-order valence-corrected chi connectivity index (χ3v) is 4.79. The van der Waals surface area contributed by atoms with E-state index in [1.165, 1.54) is 0 Å². The Balaban J connectivity index is 2.31. The predicted molar refractivity (Wildman–Crippen MR) is 104 cm³/mol. The second kappa shape index (κ2) is 8.99. The Labute approximate surface area is 154 Å². The molecule has 1 unspecified atom stereocenters. The summed E-state index contributed by atoms with van der Waals surface area (Å²) in [6, 6.07) is 4.94. The van der Waals surface area contributed by atoms with Gasteiger partial charge in [0.1, 0.15) is 11.3 Å². The molecule has 1 aromatic heterocycles. The molecule has 1 heterocycles. The molecule has 1 N–H and O–H groups in total. The van der Waals surface area contributed by atoms with Crippen molar-refractivity contribution in [2.24, 2.45) is 5.92 Å². The number of hydrogen-bond donors (Lipinski definition) is 1. The Morgan fingerprint density at radius 2 is 2.00 bits per heavy atom. The van der Waals surface area contributed by atoms with Crippen molar-refractivity contribution in [1.29, 1.82) is 0 Å². The Morgan fingerprint density at radius 1 is 1.27 bits per heavy atom. The molecular weight excluding hydrogens is 330 g/mol. The Hall–Kier alpha value is -2.14. The molecule has 0 aliphatic carbocycles. The van der Waals surface area contributed by atoms with Gasteiger partial charge >= 0.3 is 5.63 Å². The van der Waals surface area contributed by atoms with E-state index in [1.54, 1.807) is 23.1 Å². The predicted octanol–water partition coefficient (Wildman–Crippen LogP) is 4.35. The summed E-state index contributed by atoms with van der Waals surface area (Å²) in [5, 5.41) is 10.9. The van der Waals surface area contributed by atoms with E-state index in [4.69, 9.17) is 4.42 Å². The van der Waals surface area contributed by atoms with E-state index in [9.17, 15) is 14.7 Å². The maximum atomic E-state index is 12.6. The first-order valence-electron chi connectivity index (χ1n) is 9.33. The van der Waals surface area contributed by atoms with Crippen LogP contribution in [0, 0.1) is 5.92 Å². The molecule has 0 aliphatic rings. The lowest BCUT2D eigenvalue weighted by atomic mass is 9.91. The molecule has 5 nitrogen and oxygen atoms in total. The van der Waals surface area contributed by atoms with Crippen LogP contribution >= 0.6 is 0 Å². The molecule has 0 amide bonds. The summed E-state index contributed by atoms with van der Waals surface area (Å²) in [4.78, 5) is 26.6. The third kappa shape index (κ3) is 4.73. The zero-order valence-corrected chi connectivity index (χ0v) is 16.2. The molecule has 142 valence electrons. The molecule has 1 aromatic carbocycles. The number of fused-ring (bicyclic) bond motifs is 1. The summed E-state index contributed by atoms with van der Waals surface area (Å²) in [6.45, 7) is 4.55. The van der Waals surface area contributed by atoms with Gasteiger partial charge in [-0.2, -0.15) is 0 Å². The highest BCUT2D eigenvalue weighted by molar-refractivity contribution is 5.99. The lowest BCUT2D eigenvalue weighted by molar-refractivity contribution is 0.0957. The zero-order valence-electron chi connectivity index (χ0n) is 16.2. The summed E-state index contributed by atoms with van der Waals surface area (Å²) in [6.07, 6.45) is 4.78. The number of ketones is 1. The molecular formula is C21H29NO4. The number of rotatable bonds is 9. The number of unbranched alkanes of at least 4 members (excludes halogenated alkanes) is 1. The number of Topliss-reactive ketones (excluding diaryl/α,β-unsaturated/α-hetero) is 1. The van der Waals surface area contributed by atoms with Crippen LogP contribution in [0.25, 0.3) is 11.0 Å². The third-order valence-electron chi connectivity index (χ3n) is 4.79. The van der Waals surface area contributed by atoms with Crippen molar-refractivity contribution in [3.8, 4) is 5.75 Å². The van der Waals surface area contributed by atoms with Crippen LogP contribution in [0.4, 0.5) is 0 Å². The molecule has 0 bridgehead atoms. The first kappa shape index (κ1) is 20.2. The molecule has 0 radical (unpaired) electrons. The van der Waals surface area contributed by atoms with Gasteiger partial charge in [-0.15, -0.1) is 0 Å². The maximum Gasteiger partial charge on any atom is 0.344 e. The first-order chi connectivity index (χ1) is 12.4.